The highest BCUT2D eigenvalue weighted by Gasteiger charge is 2.13. The number of halogens is 2. The van der Waals surface area contributed by atoms with Crippen LogP contribution in [0, 0.1) is 6.92 Å². The molecule has 21 heavy (non-hydrogen) atoms. The van der Waals surface area contributed by atoms with E-state index in [9.17, 15) is 4.79 Å². The Balaban J connectivity index is 2.16. The number of nitrogens with one attached hydrogen (secondary N) is 1. The van der Waals surface area contributed by atoms with Crippen LogP contribution in [0.4, 0.5) is 10.5 Å². The molecule has 0 aliphatic carbocycles. The normalized spacial score (nSPS) is 10.1. The number of anilines is 1. The maximum Gasteiger partial charge on any atom is 0.417 e. The van der Waals surface area contributed by atoms with Crippen molar-refractivity contribution in [3.05, 3.63) is 51.5 Å². The molecule has 0 aliphatic heterocycles. The minimum Gasteiger partial charge on any atom is -0.495 e. The van der Waals surface area contributed by atoms with Crippen molar-refractivity contribution in [3.63, 3.8) is 0 Å². The van der Waals surface area contributed by atoms with Crippen molar-refractivity contribution in [2.75, 3.05) is 12.4 Å². The Bertz CT molecular complexity index is 653. The van der Waals surface area contributed by atoms with Crippen molar-refractivity contribution in [1.82, 2.24) is 0 Å². The highest BCUT2D eigenvalue weighted by atomic mass is 79.9. The Morgan fingerprint density at radius 1 is 1.29 bits per heavy atom. The number of methoxy groups -OCH3 is 1. The predicted octanol–water partition coefficient (Wildman–Crippen LogP) is 5.03. The lowest BCUT2D eigenvalue weighted by atomic mass is 10.2. The van der Waals surface area contributed by atoms with Gasteiger partial charge in [0.25, 0.3) is 0 Å². The topological polar surface area (TPSA) is 47.6 Å². The van der Waals surface area contributed by atoms with E-state index in [1.54, 1.807) is 30.3 Å². The maximum atomic E-state index is 12.0. The van der Waals surface area contributed by atoms with Gasteiger partial charge in [0.15, 0.2) is 0 Å². The van der Waals surface area contributed by atoms with Crippen LogP contribution in [0.2, 0.25) is 5.02 Å². The van der Waals surface area contributed by atoms with Crippen LogP contribution < -0.4 is 14.8 Å². The molecule has 0 saturated heterocycles. The molecule has 6 heteroatoms. The van der Waals surface area contributed by atoms with Crippen LogP contribution >= 0.6 is 27.5 Å². The summed E-state index contributed by atoms with van der Waals surface area (Å²) in [4.78, 5) is 12.0. The highest BCUT2D eigenvalue weighted by molar-refractivity contribution is 9.10. The molecule has 2 aromatic rings. The summed E-state index contributed by atoms with van der Waals surface area (Å²) in [5.41, 5.74) is 1.29. The first kappa shape index (κ1) is 15.7. The SMILES string of the molecule is COc1ccccc1NC(=O)Oc1c(C)cc(Cl)cc1Br. The summed E-state index contributed by atoms with van der Waals surface area (Å²) in [5.74, 6) is 0.980. The summed E-state index contributed by atoms with van der Waals surface area (Å²) in [6.07, 6.45) is -0.606. The molecule has 0 bridgehead atoms. The molecule has 2 rings (SSSR count). The van der Waals surface area contributed by atoms with E-state index in [-0.39, 0.29) is 0 Å². The molecule has 1 N–H and O–H groups in total. The zero-order valence-corrected chi connectivity index (χ0v) is 13.8. The first-order valence-electron chi connectivity index (χ1n) is 6.08. The third-order valence-electron chi connectivity index (χ3n) is 2.73. The van der Waals surface area contributed by atoms with Gasteiger partial charge in [0.05, 0.1) is 17.3 Å². The molecule has 0 radical (unpaired) electrons. The van der Waals surface area contributed by atoms with Gasteiger partial charge in [-0.25, -0.2) is 4.79 Å². The third kappa shape index (κ3) is 3.89. The standard InChI is InChI=1S/C15H13BrClNO3/c1-9-7-10(17)8-11(16)14(9)21-15(19)18-12-5-3-4-6-13(12)20-2/h3-8H,1-2H3,(H,18,19). The van der Waals surface area contributed by atoms with Gasteiger partial charge < -0.3 is 9.47 Å². The molecule has 0 atom stereocenters. The van der Waals surface area contributed by atoms with E-state index >= 15 is 0 Å². The fraction of sp³-hybridized carbons (Fsp3) is 0.133. The predicted molar refractivity (Wildman–Crippen MR) is 86.5 cm³/mol. The van der Waals surface area contributed by atoms with Gasteiger partial charge in [0.1, 0.15) is 11.5 Å². The Morgan fingerprint density at radius 3 is 2.67 bits per heavy atom. The van der Waals surface area contributed by atoms with E-state index in [0.29, 0.717) is 26.7 Å². The van der Waals surface area contributed by atoms with Crippen LogP contribution in [0.3, 0.4) is 0 Å². The van der Waals surface area contributed by atoms with E-state index in [1.165, 1.54) is 7.11 Å². The highest BCUT2D eigenvalue weighted by Crippen LogP contribution is 2.32. The molecule has 0 aromatic heterocycles. The molecule has 110 valence electrons. The molecular weight excluding hydrogens is 358 g/mol. The van der Waals surface area contributed by atoms with Crippen molar-refractivity contribution in [2.24, 2.45) is 0 Å². The van der Waals surface area contributed by atoms with Gasteiger partial charge >= 0.3 is 6.09 Å². The molecule has 0 spiro atoms. The molecule has 0 heterocycles. The molecule has 4 nitrogen and oxygen atoms in total. The first-order chi connectivity index (χ1) is 10.0. The van der Waals surface area contributed by atoms with Crippen LogP contribution in [0.1, 0.15) is 5.56 Å². The van der Waals surface area contributed by atoms with Gasteiger partial charge in [-0.05, 0) is 52.7 Å². The second kappa shape index (κ2) is 6.83. The molecule has 0 unspecified atom stereocenters. The van der Waals surface area contributed by atoms with E-state index in [0.717, 1.165) is 5.56 Å². The summed E-state index contributed by atoms with van der Waals surface area (Å²) in [6, 6.07) is 10.5. The van der Waals surface area contributed by atoms with Gasteiger partial charge in [0, 0.05) is 5.02 Å². The lowest BCUT2D eigenvalue weighted by Gasteiger charge is -2.12. The summed E-state index contributed by atoms with van der Waals surface area (Å²) in [7, 11) is 1.53. The third-order valence-corrected chi connectivity index (χ3v) is 3.54. The minimum atomic E-state index is -0.606. The number of benzene rings is 2. The van der Waals surface area contributed by atoms with Crippen molar-refractivity contribution < 1.29 is 14.3 Å². The fourth-order valence-corrected chi connectivity index (χ4v) is 2.84. The molecule has 0 fully saturated rings. The van der Waals surface area contributed by atoms with E-state index < -0.39 is 6.09 Å². The number of rotatable bonds is 3. The average Bonchev–Trinajstić information content (AvgIpc) is 2.43. The second-order valence-electron chi connectivity index (χ2n) is 4.25. The summed E-state index contributed by atoms with van der Waals surface area (Å²) < 4.78 is 11.1. The van der Waals surface area contributed by atoms with Gasteiger partial charge in [-0.3, -0.25) is 5.32 Å². The van der Waals surface area contributed by atoms with Crippen LogP contribution in [-0.4, -0.2) is 13.2 Å². The van der Waals surface area contributed by atoms with Crippen molar-refractivity contribution in [3.8, 4) is 11.5 Å². The van der Waals surface area contributed by atoms with E-state index in [2.05, 4.69) is 21.2 Å². The number of amides is 1. The van der Waals surface area contributed by atoms with Gasteiger partial charge in [-0.2, -0.15) is 0 Å². The number of hydrogen-bond acceptors (Lipinski definition) is 3. The number of aryl methyl sites for hydroxylation is 1. The molecule has 0 saturated carbocycles. The smallest absolute Gasteiger partial charge is 0.417 e. The summed E-state index contributed by atoms with van der Waals surface area (Å²) in [5, 5.41) is 3.21. The number of para-hydroxylation sites is 2. The van der Waals surface area contributed by atoms with Crippen LogP contribution in [0.25, 0.3) is 0 Å². The van der Waals surface area contributed by atoms with Gasteiger partial charge in [0.2, 0.25) is 0 Å². The zero-order chi connectivity index (χ0) is 15.4. The summed E-state index contributed by atoms with van der Waals surface area (Å²) >= 11 is 9.25. The molecular formula is C15H13BrClNO3. The van der Waals surface area contributed by atoms with Crippen molar-refractivity contribution in [2.45, 2.75) is 6.92 Å². The Morgan fingerprint density at radius 2 is 2.00 bits per heavy atom. The maximum absolute atomic E-state index is 12.0. The van der Waals surface area contributed by atoms with E-state index in [1.807, 2.05) is 13.0 Å². The second-order valence-corrected chi connectivity index (χ2v) is 5.54. The van der Waals surface area contributed by atoms with Crippen LogP contribution in [-0.2, 0) is 0 Å². The molecule has 0 aliphatic rings. The zero-order valence-electron chi connectivity index (χ0n) is 11.4. The Kier molecular flexibility index (Phi) is 5.09. The molecule has 2 aromatic carbocycles. The Labute approximate surface area is 136 Å². The first-order valence-corrected chi connectivity index (χ1v) is 7.26. The lowest BCUT2D eigenvalue weighted by molar-refractivity contribution is 0.214. The van der Waals surface area contributed by atoms with Crippen LogP contribution in [0.5, 0.6) is 11.5 Å². The van der Waals surface area contributed by atoms with E-state index in [4.69, 9.17) is 21.1 Å². The number of carbonyl (C=O) groups excluding carboxylic acids is 1. The monoisotopic (exact) mass is 369 g/mol. The van der Waals surface area contributed by atoms with Crippen molar-refractivity contribution >= 4 is 39.3 Å². The van der Waals surface area contributed by atoms with Gasteiger partial charge in [-0.15, -0.1) is 0 Å². The molecule has 1 amide bonds. The lowest BCUT2D eigenvalue weighted by Crippen LogP contribution is -2.18. The average molecular weight is 371 g/mol. The van der Waals surface area contributed by atoms with Gasteiger partial charge in [-0.1, -0.05) is 23.7 Å². The van der Waals surface area contributed by atoms with Crippen LogP contribution in [0.15, 0.2) is 40.9 Å². The number of carbonyl (C=O) groups is 1. The summed E-state index contributed by atoms with van der Waals surface area (Å²) in [6.45, 7) is 1.81. The quantitative estimate of drug-likeness (QED) is 0.824. The Hall–Kier alpha value is -1.72. The largest absolute Gasteiger partial charge is 0.495 e. The number of hydrogen-bond donors (Lipinski definition) is 1. The number of ether oxygens (including phenoxy) is 2. The minimum absolute atomic E-state index is 0.423. The van der Waals surface area contributed by atoms with Crippen molar-refractivity contribution in [1.29, 1.82) is 0 Å². The fourth-order valence-electron chi connectivity index (χ4n) is 1.79.